The number of nitrogens with one attached hydrogen (secondary N) is 2. The van der Waals surface area contributed by atoms with E-state index in [9.17, 15) is 27.8 Å². The number of nitrogens with zero attached hydrogens (tertiary/aromatic N) is 3. The number of hydrogen-bond acceptors (Lipinski definition) is 5. The Morgan fingerprint density at radius 3 is 2.64 bits per heavy atom. The summed E-state index contributed by atoms with van der Waals surface area (Å²) < 4.78 is 42.0. The van der Waals surface area contributed by atoms with Crippen LogP contribution in [0.1, 0.15) is 40.0 Å². The second-order valence-electron chi connectivity index (χ2n) is 8.09. The van der Waals surface area contributed by atoms with Gasteiger partial charge in [-0.1, -0.05) is 25.1 Å². The molecule has 4 rings (SSSR count). The van der Waals surface area contributed by atoms with E-state index in [1.54, 1.807) is 25.3 Å². The summed E-state index contributed by atoms with van der Waals surface area (Å²) in [5.74, 6) is -2.46. The average molecular weight is 513 g/mol. The molecule has 2 aromatic carbocycles. The van der Waals surface area contributed by atoms with Gasteiger partial charge in [0.25, 0.3) is 11.5 Å². The van der Waals surface area contributed by atoms with Crippen molar-refractivity contribution >= 4 is 18.6 Å². The Balaban J connectivity index is 1.76. The summed E-state index contributed by atoms with van der Waals surface area (Å²) in [5, 5.41) is 6.82. The Morgan fingerprint density at radius 1 is 1.25 bits per heavy atom. The molecular formula is C24H22F2N5O4P. The molecule has 0 aliphatic carbocycles. The van der Waals surface area contributed by atoms with Crippen molar-refractivity contribution in [3.05, 3.63) is 105 Å². The highest BCUT2D eigenvalue weighted by Crippen LogP contribution is 2.37. The zero-order valence-electron chi connectivity index (χ0n) is 19.3. The third-order valence-corrected chi connectivity index (χ3v) is 6.90. The van der Waals surface area contributed by atoms with Crippen molar-refractivity contribution in [2.45, 2.75) is 19.4 Å². The third-order valence-electron chi connectivity index (χ3n) is 5.57. The number of H-pyrrole nitrogens is 1. The highest BCUT2D eigenvalue weighted by Gasteiger charge is 2.25. The van der Waals surface area contributed by atoms with Gasteiger partial charge >= 0.3 is 0 Å². The number of amides is 1. The summed E-state index contributed by atoms with van der Waals surface area (Å²) in [7, 11) is -3.59. The van der Waals surface area contributed by atoms with Crippen molar-refractivity contribution in [1.82, 2.24) is 25.1 Å². The minimum Gasteiger partial charge on any atom is -0.341 e. The van der Waals surface area contributed by atoms with Crippen LogP contribution in [0.2, 0.25) is 0 Å². The fraction of sp³-hybridized carbons (Fsp3) is 0.167. The predicted molar refractivity (Wildman–Crippen MR) is 129 cm³/mol. The third kappa shape index (κ3) is 5.17. The molecular weight excluding hydrogens is 491 g/mol. The summed E-state index contributed by atoms with van der Waals surface area (Å²) in [4.78, 5) is 42.3. The van der Waals surface area contributed by atoms with Gasteiger partial charge in [0.2, 0.25) is 13.3 Å². The van der Waals surface area contributed by atoms with Crippen molar-refractivity contribution in [2.75, 3.05) is 6.66 Å². The SMILES string of the molecule is CCc1cc([C@H](NC(=O)c2cnc(-n3cccn3)[nH]c2=O)c2ccc(F)cc2F)ccc1P(C)(=O)O. The molecule has 0 saturated heterocycles. The van der Waals surface area contributed by atoms with Gasteiger partial charge in [0.1, 0.15) is 17.2 Å². The van der Waals surface area contributed by atoms with Crippen LogP contribution in [-0.2, 0) is 11.0 Å². The van der Waals surface area contributed by atoms with Crippen LogP contribution in [0.3, 0.4) is 0 Å². The molecule has 2 aromatic heterocycles. The minimum absolute atomic E-state index is 0.0548. The Kier molecular flexibility index (Phi) is 6.96. The topological polar surface area (TPSA) is 130 Å². The highest BCUT2D eigenvalue weighted by atomic mass is 31.2. The summed E-state index contributed by atoms with van der Waals surface area (Å²) in [6, 6.07) is 7.93. The molecule has 1 unspecified atom stereocenters. The Hall–Kier alpha value is -3.95. The monoisotopic (exact) mass is 513 g/mol. The first-order chi connectivity index (χ1) is 17.1. The molecule has 2 heterocycles. The van der Waals surface area contributed by atoms with E-state index in [0.717, 1.165) is 12.3 Å². The van der Waals surface area contributed by atoms with Gasteiger partial charge in [0.05, 0.1) is 6.04 Å². The number of carbonyl (C=O) groups is 1. The Labute approximate surface area is 204 Å². The first kappa shape index (κ1) is 25.2. The van der Waals surface area contributed by atoms with Gasteiger partial charge in [-0.2, -0.15) is 5.10 Å². The van der Waals surface area contributed by atoms with Gasteiger partial charge in [-0.05, 0) is 35.7 Å². The minimum atomic E-state index is -3.59. The molecule has 0 radical (unpaired) electrons. The van der Waals surface area contributed by atoms with Crippen LogP contribution in [-0.4, -0.2) is 37.2 Å². The summed E-state index contributed by atoms with van der Waals surface area (Å²) in [5.41, 5.74) is -0.228. The molecule has 0 spiro atoms. The molecule has 0 saturated carbocycles. The van der Waals surface area contributed by atoms with Gasteiger partial charge < -0.3 is 10.2 Å². The van der Waals surface area contributed by atoms with Crippen LogP contribution in [0.15, 0.2) is 65.8 Å². The van der Waals surface area contributed by atoms with E-state index in [1.165, 1.54) is 35.7 Å². The summed E-state index contributed by atoms with van der Waals surface area (Å²) in [6.45, 7) is 3.00. The van der Waals surface area contributed by atoms with E-state index in [4.69, 9.17) is 0 Å². The molecule has 1 amide bonds. The maximum atomic E-state index is 14.8. The maximum Gasteiger partial charge on any atom is 0.265 e. The lowest BCUT2D eigenvalue weighted by atomic mass is 9.95. The Bertz CT molecular complexity index is 1530. The molecule has 0 bridgehead atoms. The van der Waals surface area contributed by atoms with Crippen molar-refractivity contribution in [3.8, 4) is 5.95 Å². The van der Waals surface area contributed by atoms with E-state index >= 15 is 0 Å². The van der Waals surface area contributed by atoms with E-state index in [1.807, 2.05) is 0 Å². The van der Waals surface area contributed by atoms with Crippen molar-refractivity contribution in [2.24, 2.45) is 0 Å². The first-order valence-electron chi connectivity index (χ1n) is 10.9. The predicted octanol–water partition coefficient (Wildman–Crippen LogP) is 2.84. The molecule has 186 valence electrons. The fourth-order valence-corrected chi connectivity index (χ4v) is 4.92. The van der Waals surface area contributed by atoms with Gasteiger partial charge in [-0.3, -0.25) is 19.1 Å². The smallest absolute Gasteiger partial charge is 0.265 e. The van der Waals surface area contributed by atoms with Crippen LogP contribution in [0.25, 0.3) is 5.95 Å². The van der Waals surface area contributed by atoms with Crippen LogP contribution in [0, 0.1) is 11.6 Å². The second-order valence-corrected chi connectivity index (χ2v) is 10.3. The Morgan fingerprint density at radius 2 is 2.03 bits per heavy atom. The molecule has 0 fully saturated rings. The van der Waals surface area contributed by atoms with E-state index in [0.29, 0.717) is 23.6 Å². The molecule has 3 N–H and O–H groups in total. The maximum absolute atomic E-state index is 14.8. The summed E-state index contributed by atoms with van der Waals surface area (Å²) in [6.07, 6.45) is 4.52. The standard InChI is InChI=1S/C24H22F2N5O4P/c1-3-14-11-15(5-8-20(14)36(2,34)35)21(17-7-6-16(25)12-19(17)26)29-22(32)18-13-27-24(30-23(18)33)31-10-4-9-28-31/h4-13,21H,3H2,1-2H3,(H,29,32)(H,34,35)(H,27,30,33)/t21-/m0/s1. The number of aromatic amines is 1. The van der Waals surface area contributed by atoms with Gasteiger partial charge in [0, 0.05) is 42.2 Å². The average Bonchev–Trinajstić information content (AvgIpc) is 3.37. The molecule has 2 atom stereocenters. The first-order valence-corrected chi connectivity index (χ1v) is 13.0. The second kappa shape index (κ2) is 9.96. The molecule has 4 aromatic rings. The van der Waals surface area contributed by atoms with Crippen molar-refractivity contribution in [3.63, 3.8) is 0 Å². The van der Waals surface area contributed by atoms with E-state index in [2.05, 4.69) is 20.4 Å². The number of halogens is 2. The lowest BCUT2D eigenvalue weighted by Gasteiger charge is -2.22. The quantitative estimate of drug-likeness (QED) is 0.326. The lowest BCUT2D eigenvalue weighted by molar-refractivity contribution is 0.0940. The number of aromatic nitrogens is 4. The van der Waals surface area contributed by atoms with Crippen LogP contribution < -0.4 is 16.2 Å². The lowest BCUT2D eigenvalue weighted by Crippen LogP contribution is -2.34. The molecule has 12 heteroatoms. The van der Waals surface area contributed by atoms with Gasteiger partial charge in [0.15, 0.2) is 0 Å². The van der Waals surface area contributed by atoms with Gasteiger partial charge in [-0.25, -0.2) is 18.4 Å². The highest BCUT2D eigenvalue weighted by molar-refractivity contribution is 7.65. The largest absolute Gasteiger partial charge is 0.341 e. The normalized spacial score (nSPS) is 13.7. The molecule has 0 aliphatic heterocycles. The zero-order chi connectivity index (χ0) is 26.0. The fourth-order valence-electron chi connectivity index (χ4n) is 3.82. The van der Waals surface area contributed by atoms with Crippen LogP contribution >= 0.6 is 7.37 Å². The zero-order valence-corrected chi connectivity index (χ0v) is 20.2. The molecule has 9 nitrogen and oxygen atoms in total. The number of benzene rings is 2. The number of rotatable bonds is 7. The van der Waals surface area contributed by atoms with Crippen molar-refractivity contribution < 1.29 is 23.0 Å². The van der Waals surface area contributed by atoms with Crippen LogP contribution in [0.5, 0.6) is 0 Å². The number of aryl methyl sites for hydroxylation is 1. The number of hydrogen-bond donors (Lipinski definition) is 3. The van der Waals surface area contributed by atoms with E-state index < -0.39 is 36.5 Å². The molecule has 36 heavy (non-hydrogen) atoms. The van der Waals surface area contributed by atoms with Gasteiger partial charge in [-0.15, -0.1) is 0 Å². The van der Waals surface area contributed by atoms with Crippen LogP contribution in [0.4, 0.5) is 8.78 Å². The summed E-state index contributed by atoms with van der Waals surface area (Å²) >= 11 is 0. The van der Waals surface area contributed by atoms with Crippen molar-refractivity contribution in [1.29, 1.82) is 0 Å². The number of carbonyl (C=O) groups excluding carboxylic acids is 1. The van der Waals surface area contributed by atoms with E-state index in [-0.39, 0.29) is 22.4 Å². The molecule has 0 aliphatic rings.